The molecule has 7 nitrogen and oxygen atoms in total. The van der Waals surface area contributed by atoms with E-state index >= 15 is 0 Å². The molecule has 1 amide bonds. The molecule has 0 radical (unpaired) electrons. The zero-order chi connectivity index (χ0) is 21.4. The number of hydrogen-bond acceptors (Lipinski definition) is 6. The Morgan fingerprint density at radius 3 is 2.39 bits per heavy atom. The highest BCUT2D eigenvalue weighted by molar-refractivity contribution is 5.92. The third kappa shape index (κ3) is 10.4. The molecule has 2 rings (SSSR count). The summed E-state index contributed by atoms with van der Waals surface area (Å²) in [6, 6.07) is 2.44. The van der Waals surface area contributed by atoms with Crippen molar-refractivity contribution in [2.75, 3.05) is 6.61 Å². The Bertz CT molecular complexity index is 743. The van der Waals surface area contributed by atoms with Gasteiger partial charge < -0.3 is 15.8 Å². The maximum Gasteiger partial charge on any atom is 0.422 e. The summed E-state index contributed by atoms with van der Waals surface area (Å²) in [5, 5.41) is 2.67. The fourth-order valence-electron chi connectivity index (χ4n) is 1.70. The fraction of sp³-hybridized carbons (Fsp3) is 0.444. The first-order valence-electron chi connectivity index (χ1n) is 8.36. The first kappa shape index (κ1) is 23.3. The Morgan fingerprint density at radius 1 is 1.21 bits per heavy atom. The van der Waals surface area contributed by atoms with E-state index in [9.17, 15) is 18.0 Å². The van der Waals surface area contributed by atoms with Crippen molar-refractivity contribution in [1.29, 1.82) is 0 Å². The number of carbonyl (C=O) groups excluding carboxylic acids is 1. The highest BCUT2D eigenvalue weighted by Gasteiger charge is 2.28. The van der Waals surface area contributed by atoms with Gasteiger partial charge in [0.25, 0.3) is 5.91 Å². The van der Waals surface area contributed by atoms with Crippen molar-refractivity contribution in [2.45, 2.75) is 45.5 Å². The Morgan fingerprint density at radius 2 is 1.86 bits per heavy atom. The molecule has 0 saturated carbocycles. The predicted octanol–water partition coefficient (Wildman–Crippen LogP) is 3.05. The molecule has 0 spiro atoms. The van der Waals surface area contributed by atoms with Gasteiger partial charge in [-0.2, -0.15) is 13.2 Å². The van der Waals surface area contributed by atoms with Crippen molar-refractivity contribution in [3.05, 3.63) is 48.2 Å². The van der Waals surface area contributed by atoms with Crippen LogP contribution in [0.5, 0.6) is 5.88 Å². The molecule has 1 unspecified atom stereocenters. The first-order valence-corrected chi connectivity index (χ1v) is 8.36. The maximum absolute atomic E-state index is 12.1. The summed E-state index contributed by atoms with van der Waals surface area (Å²) in [5.74, 6) is -0.611. The number of amides is 1. The second kappa shape index (κ2) is 9.98. The van der Waals surface area contributed by atoms with E-state index in [1.165, 1.54) is 30.9 Å². The molecule has 0 fully saturated rings. The fourth-order valence-corrected chi connectivity index (χ4v) is 1.70. The molecular formula is C18H24F3N5O2. The van der Waals surface area contributed by atoms with Gasteiger partial charge in [-0.1, -0.05) is 0 Å². The van der Waals surface area contributed by atoms with Crippen molar-refractivity contribution in [3.63, 3.8) is 0 Å². The Balaban J connectivity index is 0.000000696. The molecule has 2 heterocycles. The van der Waals surface area contributed by atoms with Gasteiger partial charge in [0.15, 0.2) is 6.61 Å². The standard InChI is InChI=1S/C14H13F3N4O2.C4H11N/c1-9(21-13(22)11-7-18-4-5-19-11)10-2-3-20-12(6-10)23-8-14(15,16)17;1-4(2,3)5/h2-7,9H,8H2,1H3,(H,21,22);5H2,1-3H3. The van der Waals surface area contributed by atoms with E-state index in [0.717, 1.165) is 0 Å². The predicted molar refractivity (Wildman–Crippen MR) is 97.6 cm³/mol. The lowest BCUT2D eigenvalue weighted by Gasteiger charge is -2.15. The highest BCUT2D eigenvalue weighted by Crippen LogP contribution is 2.20. The summed E-state index contributed by atoms with van der Waals surface area (Å²) in [4.78, 5) is 23.3. The number of ether oxygens (including phenoxy) is 1. The average Bonchev–Trinajstić information content (AvgIpc) is 2.59. The van der Waals surface area contributed by atoms with Crippen molar-refractivity contribution in [3.8, 4) is 5.88 Å². The maximum atomic E-state index is 12.1. The molecule has 0 aliphatic rings. The van der Waals surface area contributed by atoms with Gasteiger partial charge in [0.2, 0.25) is 5.88 Å². The Hall–Kier alpha value is -2.75. The number of rotatable bonds is 5. The van der Waals surface area contributed by atoms with E-state index in [0.29, 0.717) is 5.56 Å². The van der Waals surface area contributed by atoms with Gasteiger partial charge in [-0.25, -0.2) is 9.97 Å². The summed E-state index contributed by atoms with van der Waals surface area (Å²) < 4.78 is 41.0. The normalized spacial score (nSPS) is 12.4. The molecule has 2 aromatic heterocycles. The molecular weight excluding hydrogens is 375 g/mol. The van der Waals surface area contributed by atoms with Crippen LogP contribution in [0.4, 0.5) is 13.2 Å². The van der Waals surface area contributed by atoms with Crippen LogP contribution in [0, 0.1) is 0 Å². The third-order valence-corrected chi connectivity index (χ3v) is 2.79. The molecule has 0 aliphatic heterocycles. The molecule has 3 N–H and O–H groups in total. The van der Waals surface area contributed by atoms with Crippen LogP contribution in [0.3, 0.4) is 0 Å². The van der Waals surface area contributed by atoms with Crippen LogP contribution in [-0.2, 0) is 0 Å². The van der Waals surface area contributed by atoms with Crippen LogP contribution < -0.4 is 15.8 Å². The molecule has 2 aromatic rings. The van der Waals surface area contributed by atoms with Gasteiger partial charge in [0, 0.05) is 30.2 Å². The molecule has 28 heavy (non-hydrogen) atoms. The summed E-state index contributed by atoms with van der Waals surface area (Å²) in [6.45, 7) is 6.15. The van der Waals surface area contributed by atoms with E-state index in [1.807, 2.05) is 20.8 Å². The minimum atomic E-state index is -4.44. The van der Waals surface area contributed by atoms with Crippen LogP contribution in [-0.4, -0.2) is 39.2 Å². The second-order valence-corrected chi connectivity index (χ2v) is 6.98. The number of alkyl halides is 3. The van der Waals surface area contributed by atoms with Gasteiger partial charge >= 0.3 is 6.18 Å². The molecule has 1 atom stereocenters. The highest BCUT2D eigenvalue weighted by atomic mass is 19.4. The molecule has 0 aliphatic carbocycles. The van der Waals surface area contributed by atoms with Crippen molar-refractivity contribution in [1.82, 2.24) is 20.3 Å². The summed E-state index contributed by atoms with van der Waals surface area (Å²) in [6.07, 6.45) is 1.00. The smallest absolute Gasteiger partial charge is 0.422 e. The number of nitrogens with one attached hydrogen (secondary N) is 1. The number of nitrogens with zero attached hydrogens (tertiary/aromatic N) is 3. The second-order valence-electron chi connectivity index (χ2n) is 6.98. The van der Waals surface area contributed by atoms with Gasteiger partial charge in [-0.15, -0.1) is 0 Å². The minimum Gasteiger partial charge on any atom is -0.468 e. The lowest BCUT2D eigenvalue weighted by Crippen LogP contribution is -2.27. The number of nitrogens with two attached hydrogens (primary N) is 1. The number of carbonyl (C=O) groups is 1. The quantitative estimate of drug-likeness (QED) is 0.801. The van der Waals surface area contributed by atoms with Crippen molar-refractivity contribution in [2.24, 2.45) is 5.73 Å². The Labute approximate surface area is 161 Å². The van der Waals surface area contributed by atoms with Crippen molar-refractivity contribution < 1.29 is 22.7 Å². The van der Waals surface area contributed by atoms with Gasteiger partial charge in [0.05, 0.1) is 12.2 Å². The zero-order valence-corrected chi connectivity index (χ0v) is 16.1. The van der Waals surface area contributed by atoms with Gasteiger partial charge in [-0.05, 0) is 39.3 Å². The molecule has 154 valence electrons. The lowest BCUT2D eigenvalue weighted by molar-refractivity contribution is -0.154. The number of halogens is 3. The summed E-state index contributed by atoms with van der Waals surface area (Å²) in [5.41, 5.74) is 6.05. The molecule has 10 heteroatoms. The topological polar surface area (TPSA) is 103 Å². The third-order valence-electron chi connectivity index (χ3n) is 2.79. The van der Waals surface area contributed by atoms with E-state index in [-0.39, 0.29) is 17.1 Å². The van der Waals surface area contributed by atoms with Gasteiger partial charge in [0.1, 0.15) is 5.69 Å². The molecule has 0 bridgehead atoms. The van der Waals surface area contributed by atoms with Crippen molar-refractivity contribution >= 4 is 5.91 Å². The molecule has 0 saturated heterocycles. The average molecular weight is 399 g/mol. The SMILES string of the molecule is CC(C)(C)N.CC(NC(=O)c1cnccn1)c1ccnc(OCC(F)(F)F)c1. The van der Waals surface area contributed by atoms with E-state index < -0.39 is 24.7 Å². The largest absolute Gasteiger partial charge is 0.468 e. The number of aromatic nitrogens is 3. The van der Waals surface area contributed by atoms with Crippen LogP contribution in [0.15, 0.2) is 36.9 Å². The summed E-state index contributed by atoms with van der Waals surface area (Å²) in [7, 11) is 0. The van der Waals surface area contributed by atoms with Crippen LogP contribution in [0.1, 0.15) is 49.8 Å². The van der Waals surface area contributed by atoms with Crippen LogP contribution >= 0.6 is 0 Å². The Kier molecular flexibility index (Phi) is 8.30. The zero-order valence-electron chi connectivity index (χ0n) is 16.1. The monoisotopic (exact) mass is 399 g/mol. The molecule has 0 aromatic carbocycles. The summed E-state index contributed by atoms with van der Waals surface area (Å²) >= 11 is 0. The number of hydrogen-bond donors (Lipinski definition) is 2. The minimum absolute atomic E-state index is 0. The van der Waals surface area contributed by atoms with E-state index in [1.54, 1.807) is 13.0 Å². The first-order chi connectivity index (χ1) is 12.8. The van der Waals surface area contributed by atoms with Gasteiger partial charge in [-0.3, -0.25) is 9.78 Å². The van der Waals surface area contributed by atoms with Crippen LogP contribution in [0.2, 0.25) is 0 Å². The van der Waals surface area contributed by atoms with E-state index in [2.05, 4.69) is 25.0 Å². The van der Waals surface area contributed by atoms with E-state index in [4.69, 9.17) is 5.73 Å². The van der Waals surface area contributed by atoms with Crippen LogP contribution in [0.25, 0.3) is 0 Å². The number of pyridine rings is 1. The lowest BCUT2D eigenvalue weighted by atomic mass is 10.1.